The van der Waals surface area contributed by atoms with Crippen molar-refractivity contribution in [2.75, 3.05) is 17.3 Å². The fourth-order valence-electron chi connectivity index (χ4n) is 1.53. The van der Waals surface area contributed by atoms with Gasteiger partial charge in [-0.1, -0.05) is 6.07 Å². The summed E-state index contributed by atoms with van der Waals surface area (Å²) < 4.78 is 0. The first-order chi connectivity index (χ1) is 6.20. The zero-order valence-electron chi connectivity index (χ0n) is 7.66. The fraction of sp³-hybridized carbons (Fsp3) is 0.300. The number of amides is 1. The van der Waals surface area contributed by atoms with Crippen LogP contribution in [0.2, 0.25) is 0 Å². The predicted octanol–water partition coefficient (Wildman–Crippen LogP) is 1.26. The normalized spacial score (nSPS) is 20.9. The summed E-state index contributed by atoms with van der Waals surface area (Å²) >= 11 is 0. The second-order valence-electron chi connectivity index (χ2n) is 3.21. The average Bonchev–Trinajstić information content (AvgIpc) is 2.15. The standard InChI is InChI=1S/C10H11N2O/c1-7-10(13)12(2)9-6-4-3-5-8(9)11-7/h4-7,11H,1-2H3. The number of carbonyl (C=O) groups excluding carboxylic acids is 1. The molecule has 1 N–H and O–H groups in total. The predicted molar refractivity (Wildman–Crippen MR) is 51.8 cm³/mol. The Kier molecular flexibility index (Phi) is 1.72. The molecule has 1 aliphatic heterocycles. The van der Waals surface area contributed by atoms with E-state index in [0.29, 0.717) is 0 Å². The molecule has 2 rings (SSSR count). The Morgan fingerprint density at radius 3 is 3.15 bits per heavy atom. The molecule has 1 aliphatic rings. The minimum absolute atomic E-state index is 0.0960. The Labute approximate surface area is 77.4 Å². The second-order valence-corrected chi connectivity index (χ2v) is 3.21. The summed E-state index contributed by atoms with van der Waals surface area (Å²) in [5, 5.41) is 3.12. The van der Waals surface area contributed by atoms with Crippen LogP contribution in [-0.2, 0) is 4.79 Å². The number of likely N-dealkylation sites (N-methyl/N-ethyl adjacent to an activating group) is 1. The molecule has 3 heteroatoms. The SMILES string of the molecule is CC1Nc2c[c]ccc2N(C)C1=O. The molecule has 0 aliphatic carbocycles. The molecule has 13 heavy (non-hydrogen) atoms. The van der Waals surface area contributed by atoms with Crippen LogP contribution in [-0.4, -0.2) is 19.0 Å². The van der Waals surface area contributed by atoms with Crippen molar-refractivity contribution in [3.8, 4) is 0 Å². The van der Waals surface area contributed by atoms with Crippen molar-refractivity contribution in [2.45, 2.75) is 13.0 Å². The molecule has 1 radical (unpaired) electrons. The molecule has 3 nitrogen and oxygen atoms in total. The molecule has 67 valence electrons. The van der Waals surface area contributed by atoms with E-state index < -0.39 is 0 Å². The van der Waals surface area contributed by atoms with Crippen LogP contribution in [0, 0.1) is 6.07 Å². The molecule has 1 unspecified atom stereocenters. The van der Waals surface area contributed by atoms with E-state index in [0.717, 1.165) is 11.4 Å². The molecule has 0 fully saturated rings. The molecule has 1 aromatic rings. The first-order valence-corrected chi connectivity index (χ1v) is 4.24. The summed E-state index contributed by atoms with van der Waals surface area (Å²) in [4.78, 5) is 13.2. The van der Waals surface area contributed by atoms with Crippen LogP contribution in [0.15, 0.2) is 18.2 Å². The van der Waals surface area contributed by atoms with Gasteiger partial charge < -0.3 is 10.2 Å². The molecule has 0 spiro atoms. The largest absolute Gasteiger partial charge is 0.372 e. The number of hydrogen-bond donors (Lipinski definition) is 1. The maximum atomic E-state index is 11.5. The van der Waals surface area contributed by atoms with Crippen molar-refractivity contribution in [1.82, 2.24) is 0 Å². The highest BCUT2D eigenvalue weighted by atomic mass is 16.2. The highest BCUT2D eigenvalue weighted by Crippen LogP contribution is 2.29. The van der Waals surface area contributed by atoms with Gasteiger partial charge >= 0.3 is 0 Å². The van der Waals surface area contributed by atoms with E-state index in [4.69, 9.17) is 0 Å². The van der Waals surface area contributed by atoms with Gasteiger partial charge in [0.2, 0.25) is 5.91 Å². The molecule has 0 bridgehead atoms. The van der Waals surface area contributed by atoms with Gasteiger partial charge in [0.05, 0.1) is 11.4 Å². The Hall–Kier alpha value is -1.51. The van der Waals surface area contributed by atoms with Crippen molar-refractivity contribution < 1.29 is 4.79 Å². The van der Waals surface area contributed by atoms with E-state index in [-0.39, 0.29) is 11.9 Å². The van der Waals surface area contributed by atoms with Gasteiger partial charge in [0.1, 0.15) is 6.04 Å². The van der Waals surface area contributed by atoms with Gasteiger partial charge in [0.15, 0.2) is 0 Å². The van der Waals surface area contributed by atoms with Gasteiger partial charge in [-0.05, 0) is 25.1 Å². The highest BCUT2D eigenvalue weighted by molar-refractivity contribution is 6.04. The van der Waals surface area contributed by atoms with Gasteiger partial charge in [0, 0.05) is 7.05 Å². The lowest BCUT2D eigenvalue weighted by Crippen LogP contribution is -2.43. The van der Waals surface area contributed by atoms with E-state index in [1.165, 1.54) is 0 Å². The molecule has 1 aromatic carbocycles. The Bertz CT molecular complexity index is 349. The zero-order valence-corrected chi connectivity index (χ0v) is 7.66. The second kappa shape index (κ2) is 2.76. The van der Waals surface area contributed by atoms with E-state index in [9.17, 15) is 4.79 Å². The lowest BCUT2D eigenvalue weighted by atomic mass is 10.1. The Balaban J connectivity index is 2.49. The third-order valence-electron chi connectivity index (χ3n) is 2.28. The summed E-state index contributed by atoms with van der Waals surface area (Å²) in [7, 11) is 1.79. The minimum Gasteiger partial charge on any atom is -0.372 e. The van der Waals surface area contributed by atoms with Crippen LogP contribution in [0.5, 0.6) is 0 Å². The smallest absolute Gasteiger partial charge is 0.248 e. The van der Waals surface area contributed by atoms with Gasteiger partial charge in [-0.3, -0.25) is 4.79 Å². The molecule has 1 amide bonds. The fourth-order valence-corrected chi connectivity index (χ4v) is 1.53. The van der Waals surface area contributed by atoms with Gasteiger partial charge in [-0.25, -0.2) is 0 Å². The number of benzene rings is 1. The lowest BCUT2D eigenvalue weighted by Gasteiger charge is -2.30. The van der Waals surface area contributed by atoms with Crippen LogP contribution in [0.25, 0.3) is 0 Å². The topological polar surface area (TPSA) is 32.3 Å². The third-order valence-corrected chi connectivity index (χ3v) is 2.28. The summed E-state index contributed by atoms with van der Waals surface area (Å²) in [5.74, 6) is 0.0960. The van der Waals surface area contributed by atoms with E-state index in [1.807, 2.05) is 19.1 Å². The quantitative estimate of drug-likeness (QED) is 0.644. The number of nitrogens with one attached hydrogen (secondary N) is 1. The Morgan fingerprint density at radius 1 is 1.62 bits per heavy atom. The molecule has 1 atom stereocenters. The third kappa shape index (κ3) is 1.16. The first kappa shape index (κ1) is 8.10. The maximum absolute atomic E-state index is 11.5. The van der Waals surface area contributed by atoms with E-state index in [2.05, 4.69) is 11.4 Å². The number of carbonyl (C=O) groups is 1. The number of hydrogen-bond acceptors (Lipinski definition) is 2. The summed E-state index contributed by atoms with van der Waals surface area (Å²) in [6.07, 6.45) is 0. The van der Waals surface area contributed by atoms with Crippen molar-refractivity contribution >= 4 is 17.3 Å². The van der Waals surface area contributed by atoms with Crippen LogP contribution in [0.1, 0.15) is 6.92 Å². The van der Waals surface area contributed by atoms with E-state index in [1.54, 1.807) is 18.0 Å². The highest BCUT2D eigenvalue weighted by Gasteiger charge is 2.25. The average molecular weight is 175 g/mol. The Morgan fingerprint density at radius 2 is 2.38 bits per heavy atom. The number of anilines is 2. The van der Waals surface area contributed by atoms with Gasteiger partial charge in [0.25, 0.3) is 0 Å². The van der Waals surface area contributed by atoms with Gasteiger partial charge in [-0.2, -0.15) is 0 Å². The maximum Gasteiger partial charge on any atom is 0.248 e. The van der Waals surface area contributed by atoms with Crippen molar-refractivity contribution in [3.63, 3.8) is 0 Å². The monoisotopic (exact) mass is 175 g/mol. The van der Waals surface area contributed by atoms with Crippen LogP contribution >= 0.6 is 0 Å². The van der Waals surface area contributed by atoms with Crippen molar-refractivity contribution in [2.24, 2.45) is 0 Å². The van der Waals surface area contributed by atoms with Crippen LogP contribution in [0.4, 0.5) is 11.4 Å². The van der Waals surface area contributed by atoms with Gasteiger partial charge in [-0.15, -0.1) is 0 Å². The molecular weight excluding hydrogens is 164 g/mol. The van der Waals surface area contributed by atoms with E-state index >= 15 is 0 Å². The minimum atomic E-state index is -0.145. The van der Waals surface area contributed by atoms with Crippen LogP contribution in [0.3, 0.4) is 0 Å². The number of fused-ring (bicyclic) bond motifs is 1. The molecule has 1 heterocycles. The molecule has 0 saturated carbocycles. The summed E-state index contributed by atoms with van der Waals surface area (Å²) in [6.45, 7) is 1.86. The zero-order chi connectivity index (χ0) is 9.42. The van der Waals surface area contributed by atoms with Crippen LogP contribution < -0.4 is 10.2 Å². The number of rotatable bonds is 0. The molecule has 0 aromatic heterocycles. The van der Waals surface area contributed by atoms with Crippen molar-refractivity contribution in [1.29, 1.82) is 0 Å². The first-order valence-electron chi connectivity index (χ1n) is 4.24. The summed E-state index contributed by atoms with van der Waals surface area (Å²) in [6, 6.07) is 8.37. The molecular formula is C10H11N2O. The molecule has 0 saturated heterocycles. The number of nitrogens with zero attached hydrogens (tertiary/aromatic N) is 1. The van der Waals surface area contributed by atoms with Crippen molar-refractivity contribution in [3.05, 3.63) is 24.3 Å². The summed E-state index contributed by atoms with van der Waals surface area (Å²) in [5.41, 5.74) is 1.89. The lowest BCUT2D eigenvalue weighted by molar-refractivity contribution is -0.118.